The van der Waals surface area contributed by atoms with E-state index < -0.39 is 0 Å². The van der Waals surface area contributed by atoms with Gasteiger partial charge in [0.05, 0.1) is 0 Å². The molecule has 1 N–H and O–H groups in total. The van der Waals surface area contributed by atoms with Gasteiger partial charge in [-0.2, -0.15) is 0 Å². The normalized spacial score (nSPS) is 11.4. The number of benzene rings is 1. The SMILES string of the molecule is CC(C)(C)c1nnnn1CC(=O)Nc1cccc(Cl)c1. The van der Waals surface area contributed by atoms with Gasteiger partial charge in [-0.3, -0.25) is 4.79 Å². The second-order valence-corrected chi connectivity index (χ2v) is 5.91. The third-order valence-electron chi connectivity index (χ3n) is 2.60. The Balaban J connectivity index is 2.08. The lowest BCUT2D eigenvalue weighted by atomic mass is 9.96. The zero-order chi connectivity index (χ0) is 14.8. The molecule has 1 aromatic carbocycles. The largest absolute Gasteiger partial charge is 0.324 e. The maximum atomic E-state index is 12.0. The zero-order valence-electron chi connectivity index (χ0n) is 11.6. The van der Waals surface area contributed by atoms with E-state index in [0.29, 0.717) is 16.5 Å². The van der Waals surface area contributed by atoms with Crippen molar-refractivity contribution in [2.24, 2.45) is 0 Å². The van der Waals surface area contributed by atoms with Crippen molar-refractivity contribution in [3.8, 4) is 0 Å². The van der Waals surface area contributed by atoms with Crippen LogP contribution in [-0.4, -0.2) is 26.1 Å². The highest BCUT2D eigenvalue weighted by molar-refractivity contribution is 6.30. The zero-order valence-corrected chi connectivity index (χ0v) is 12.3. The maximum Gasteiger partial charge on any atom is 0.246 e. The van der Waals surface area contributed by atoms with Crippen LogP contribution in [-0.2, 0) is 16.8 Å². The number of hydrogen-bond acceptors (Lipinski definition) is 4. The highest BCUT2D eigenvalue weighted by Crippen LogP contribution is 2.19. The van der Waals surface area contributed by atoms with Gasteiger partial charge in [0.25, 0.3) is 0 Å². The smallest absolute Gasteiger partial charge is 0.246 e. The summed E-state index contributed by atoms with van der Waals surface area (Å²) in [6.45, 7) is 6.03. The van der Waals surface area contributed by atoms with Gasteiger partial charge in [-0.1, -0.05) is 38.4 Å². The molecule has 0 aliphatic rings. The van der Waals surface area contributed by atoms with E-state index in [1.807, 2.05) is 20.8 Å². The number of carbonyl (C=O) groups is 1. The molecule has 0 saturated heterocycles. The molecule has 0 aliphatic heterocycles. The van der Waals surface area contributed by atoms with Crippen LogP contribution in [0.2, 0.25) is 5.02 Å². The van der Waals surface area contributed by atoms with Gasteiger partial charge in [-0.15, -0.1) is 5.10 Å². The Kier molecular flexibility index (Phi) is 4.04. The Morgan fingerprint density at radius 1 is 1.40 bits per heavy atom. The second kappa shape index (κ2) is 5.58. The molecule has 106 valence electrons. The molecule has 1 heterocycles. The van der Waals surface area contributed by atoms with Crippen LogP contribution in [0.5, 0.6) is 0 Å². The average molecular weight is 294 g/mol. The van der Waals surface area contributed by atoms with Gasteiger partial charge in [0, 0.05) is 16.1 Å². The minimum absolute atomic E-state index is 0.0616. The summed E-state index contributed by atoms with van der Waals surface area (Å²) in [5.41, 5.74) is 0.424. The van der Waals surface area contributed by atoms with Crippen molar-refractivity contribution in [2.75, 3.05) is 5.32 Å². The van der Waals surface area contributed by atoms with E-state index >= 15 is 0 Å². The number of rotatable bonds is 3. The number of carbonyl (C=O) groups excluding carboxylic acids is 1. The van der Waals surface area contributed by atoms with Crippen LogP contribution >= 0.6 is 11.6 Å². The van der Waals surface area contributed by atoms with Crippen molar-refractivity contribution in [2.45, 2.75) is 32.7 Å². The first kappa shape index (κ1) is 14.5. The summed E-state index contributed by atoms with van der Waals surface area (Å²) < 4.78 is 1.50. The maximum absolute atomic E-state index is 12.0. The molecular formula is C13H16ClN5O. The Bertz CT molecular complexity index is 617. The molecule has 0 unspecified atom stereocenters. The number of nitrogens with zero attached hydrogens (tertiary/aromatic N) is 4. The minimum Gasteiger partial charge on any atom is -0.324 e. The fraction of sp³-hybridized carbons (Fsp3) is 0.385. The van der Waals surface area contributed by atoms with E-state index in [1.54, 1.807) is 24.3 Å². The highest BCUT2D eigenvalue weighted by Gasteiger charge is 2.22. The van der Waals surface area contributed by atoms with Crippen LogP contribution in [0, 0.1) is 0 Å². The van der Waals surface area contributed by atoms with Gasteiger partial charge >= 0.3 is 0 Å². The van der Waals surface area contributed by atoms with Crippen molar-refractivity contribution in [3.63, 3.8) is 0 Å². The Morgan fingerprint density at radius 2 is 2.15 bits per heavy atom. The summed E-state index contributed by atoms with van der Waals surface area (Å²) in [7, 11) is 0. The first-order chi connectivity index (χ1) is 9.36. The van der Waals surface area contributed by atoms with Gasteiger partial charge < -0.3 is 5.32 Å². The van der Waals surface area contributed by atoms with Gasteiger partial charge in [-0.25, -0.2) is 4.68 Å². The van der Waals surface area contributed by atoms with Crippen LogP contribution in [0.4, 0.5) is 5.69 Å². The first-order valence-electron chi connectivity index (χ1n) is 6.18. The summed E-state index contributed by atoms with van der Waals surface area (Å²) in [5.74, 6) is 0.462. The number of amides is 1. The lowest BCUT2D eigenvalue weighted by Crippen LogP contribution is -2.25. The minimum atomic E-state index is -0.222. The molecule has 0 fully saturated rings. The summed E-state index contributed by atoms with van der Waals surface area (Å²) >= 11 is 5.87. The fourth-order valence-corrected chi connectivity index (χ4v) is 1.94. The van der Waals surface area contributed by atoms with E-state index in [1.165, 1.54) is 4.68 Å². The lowest BCUT2D eigenvalue weighted by molar-refractivity contribution is -0.117. The van der Waals surface area contributed by atoms with Crippen LogP contribution in [0.15, 0.2) is 24.3 Å². The molecule has 2 rings (SSSR count). The number of nitrogens with one attached hydrogen (secondary N) is 1. The molecular weight excluding hydrogens is 278 g/mol. The van der Waals surface area contributed by atoms with Gasteiger partial charge in [0.2, 0.25) is 5.91 Å². The van der Waals surface area contributed by atoms with E-state index in [9.17, 15) is 4.79 Å². The molecule has 0 atom stereocenters. The summed E-state index contributed by atoms with van der Waals surface area (Å²) in [4.78, 5) is 12.0. The van der Waals surface area contributed by atoms with E-state index in [2.05, 4.69) is 20.8 Å². The predicted molar refractivity (Wildman–Crippen MR) is 76.6 cm³/mol. The Hall–Kier alpha value is -1.95. The predicted octanol–water partition coefficient (Wildman–Crippen LogP) is 2.26. The highest BCUT2D eigenvalue weighted by atomic mass is 35.5. The molecule has 7 heteroatoms. The molecule has 0 aliphatic carbocycles. The van der Waals surface area contributed by atoms with Crippen LogP contribution in [0.25, 0.3) is 0 Å². The molecule has 0 spiro atoms. The summed E-state index contributed by atoms with van der Waals surface area (Å²) in [6, 6.07) is 6.98. The topological polar surface area (TPSA) is 72.7 Å². The molecule has 0 saturated carbocycles. The Morgan fingerprint density at radius 3 is 2.80 bits per heavy atom. The van der Waals surface area contributed by atoms with Gasteiger partial charge in [0.1, 0.15) is 6.54 Å². The van der Waals surface area contributed by atoms with Gasteiger partial charge in [-0.05, 0) is 28.6 Å². The van der Waals surface area contributed by atoms with Gasteiger partial charge in [0.15, 0.2) is 5.82 Å². The quantitative estimate of drug-likeness (QED) is 0.942. The van der Waals surface area contributed by atoms with E-state index in [-0.39, 0.29) is 17.9 Å². The number of tetrazole rings is 1. The monoisotopic (exact) mass is 293 g/mol. The van der Waals surface area contributed by atoms with Crippen LogP contribution < -0.4 is 5.32 Å². The van der Waals surface area contributed by atoms with Crippen molar-refractivity contribution < 1.29 is 4.79 Å². The van der Waals surface area contributed by atoms with Crippen molar-refractivity contribution >= 4 is 23.2 Å². The molecule has 0 radical (unpaired) electrons. The molecule has 0 bridgehead atoms. The lowest BCUT2D eigenvalue weighted by Gasteiger charge is -2.16. The number of hydrogen-bond donors (Lipinski definition) is 1. The van der Waals surface area contributed by atoms with E-state index in [0.717, 1.165) is 0 Å². The number of aromatic nitrogens is 4. The summed E-state index contributed by atoms with van der Waals surface area (Å²) in [5, 5.41) is 14.8. The molecule has 1 amide bonds. The summed E-state index contributed by atoms with van der Waals surface area (Å²) in [6.07, 6.45) is 0. The average Bonchev–Trinajstić information content (AvgIpc) is 2.76. The van der Waals surface area contributed by atoms with E-state index in [4.69, 9.17) is 11.6 Å². The Labute approximate surface area is 122 Å². The second-order valence-electron chi connectivity index (χ2n) is 5.47. The molecule has 20 heavy (non-hydrogen) atoms. The standard InChI is InChI=1S/C13H16ClN5O/c1-13(2,3)12-16-17-18-19(12)8-11(20)15-10-6-4-5-9(14)7-10/h4-7H,8H2,1-3H3,(H,15,20). The molecule has 6 nitrogen and oxygen atoms in total. The van der Waals surface area contributed by atoms with Crippen LogP contribution in [0.3, 0.4) is 0 Å². The van der Waals surface area contributed by atoms with Crippen molar-refractivity contribution in [1.29, 1.82) is 0 Å². The van der Waals surface area contributed by atoms with Crippen molar-refractivity contribution in [3.05, 3.63) is 35.1 Å². The molecule has 2 aromatic rings. The third-order valence-corrected chi connectivity index (χ3v) is 2.84. The fourth-order valence-electron chi connectivity index (χ4n) is 1.75. The number of halogens is 1. The van der Waals surface area contributed by atoms with Crippen molar-refractivity contribution in [1.82, 2.24) is 20.2 Å². The first-order valence-corrected chi connectivity index (χ1v) is 6.56. The third kappa shape index (κ3) is 3.54. The van der Waals surface area contributed by atoms with Crippen LogP contribution in [0.1, 0.15) is 26.6 Å². The molecule has 1 aromatic heterocycles. The number of anilines is 1.